The van der Waals surface area contributed by atoms with Gasteiger partial charge in [-0.2, -0.15) is 22.8 Å². The molecule has 3 aromatic carbocycles. The Morgan fingerprint density at radius 2 is 1.79 bits per heavy atom. The molecule has 5 aromatic rings. The lowest BCUT2D eigenvalue weighted by atomic mass is 10.1. The van der Waals surface area contributed by atoms with Crippen LogP contribution in [0.5, 0.6) is 0 Å². The molecule has 5 rings (SSSR count). The Morgan fingerprint density at radius 3 is 2.58 bits per heavy atom. The summed E-state index contributed by atoms with van der Waals surface area (Å²) >= 11 is 9.88. The molecule has 0 unspecified atom stereocenters. The summed E-state index contributed by atoms with van der Waals surface area (Å²) < 4.78 is 41.4. The predicted molar refractivity (Wildman–Crippen MR) is 144 cm³/mol. The average molecular weight is 601 g/mol. The van der Waals surface area contributed by atoms with Crippen LogP contribution in [0.4, 0.5) is 24.7 Å². The number of hydrogen-bond acceptors (Lipinski definition) is 4. The van der Waals surface area contributed by atoms with Crippen molar-refractivity contribution in [3.05, 3.63) is 111 Å². The number of aromatic nitrogens is 3. The number of carbonyl (C=O) groups is 1. The molecule has 0 saturated heterocycles. The van der Waals surface area contributed by atoms with E-state index >= 15 is 0 Å². The van der Waals surface area contributed by atoms with Gasteiger partial charge in [0.05, 0.1) is 21.9 Å². The number of benzene rings is 3. The number of anilines is 2. The van der Waals surface area contributed by atoms with Crippen LogP contribution in [0.25, 0.3) is 16.9 Å². The number of amides is 1. The lowest BCUT2D eigenvalue weighted by Gasteiger charge is -2.13. The molecule has 38 heavy (non-hydrogen) atoms. The number of alkyl halides is 3. The van der Waals surface area contributed by atoms with Crippen LogP contribution in [0.3, 0.4) is 0 Å². The van der Waals surface area contributed by atoms with E-state index in [0.717, 1.165) is 23.3 Å². The van der Waals surface area contributed by atoms with Gasteiger partial charge in [-0.25, -0.2) is 4.98 Å². The third kappa shape index (κ3) is 5.51. The minimum Gasteiger partial charge on any atom is -0.366 e. The second kappa shape index (κ2) is 10.5. The molecule has 0 aliphatic carbocycles. The molecule has 1 amide bonds. The van der Waals surface area contributed by atoms with Crippen LogP contribution >= 0.6 is 27.5 Å². The molecule has 0 radical (unpaired) electrons. The van der Waals surface area contributed by atoms with Gasteiger partial charge in [-0.15, -0.1) is 0 Å². The Morgan fingerprint density at radius 1 is 1.00 bits per heavy atom. The minimum absolute atomic E-state index is 0.0844. The largest absolute Gasteiger partial charge is 0.416 e. The van der Waals surface area contributed by atoms with Gasteiger partial charge in [-0.3, -0.25) is 4.79 Å². The van der Waals surface area contributed by atoms with Crippen molar-refractivity contribution in [2.24, 2.45) is 0 Å². The fraction of sp³-hybridized carbons (Fsp3) is 0.0741. The Bertz CT molecular complexity index is 1650. The van der Waals surface area contributed by atoms with Gasteiger partial charge in [-0.05, 0) is 57.9 Å². The quantitative estimate of drug-likeness (QED) is 0.210. The summed E-state index contributed by atoms with van der Waals surface area (Å²) in [6, 6.07) is 20.6. The summed E-state index contributed by atoms with van der Waals surface area (Å²) in [6.07, 6.45) is -2.88. The molecule has 2 heterocycles. The number of nitrogens with one attached hydrogen (secondary N) is 2. The first-order valence-electron chi connectivity index (χ1n) is 11.3. The first-order valence-corrected chi connectivity index (χ1v) is 12.5. The zero-order chi connectivity index (χ0) is 26.9. The van der Waals surface area contributed by atoms with Crippen molar-refractivity contribution in [2.75, 3.05) is 10.6 Å². The lowest BCUT2D eigenvalue weighted by Crippen LogP contribution is -2.14. The maximum atomic E-state index is 13.0. The topological polar surface area (TPSA) is 71.3 Å². The molecular formula is C27H18BrClF3N5O. The van der Waals surface area contributed by atoms with Gasteiger partial charge in [0.2, 0.25) is 0 Å². The Balaban J connectivity index is 1.36. The van der Waals surface area contributed by atoms with Gasteiger partial charge in [0, 0.05) is 34.4 Å². The van der Waals surface area contributed by atoms with Crippen LogP contribution in [-0.2, 0) is 12.7 Å². The van der Waals surface area contributed by atoms with Crippen LogP contribution in [0.2, 0.25) is 5.02 Å². The predicted octanol–water partition coefficient (Wildman–Crippen LogP) is 7.70. The summed E-state index contributed by atoms with van der Waals surface area (Å²) in [5.41, 5.74) is 2.34. The van der Waals surface area contributed by atoms with Crippen molar-refractivity contribution in [1.29, 1.82) is 0 Å². The van der Waals surface area contributed by atoms with E-state index in [1.807, 2.05) is 30.3 Å². The fourth-order valence-electron chi connectivity index (χ4n) is 3.86. The molecule has 0 aliphatic heterocycles. The van der Waals surface area contributed by atoms with Gasteiger partial charge in [0.1, 0.15) is 5.82 Å². The van der Waals surface area contributed by atoms with Gasteiger partial charge in [0.25, 0.3) is 5.91 Å². The van der Waals surface area contributed by atoms with Crippen molar-refractivity contribution < 1.29 is 18.0 Å². The van der Waals surface area contributed by atoms with E-state index < -0.39 is 17.6 Å². The normalized spacial score (nSPS) is 11.5. The van der Waals surface area contributed by atoms with E-state index in [2.05, 4.69) is 36.6 Å². The molecule has 6 nitrogen and oxygen atoms in total. The Kier molecular flexibility index (Phi) is 7.09. The van der Waals surface area contributed by atoms with E-state index in [-0.39, 0.29) is 5.56 Å². The van der Waals surface area contributed by atoms with Crippen LogP contribution in [0.1, 0.15) is 21.5 Å². The van der Waals surface area contributed by atoms with Crippen LogP contribution in [-0.4, -0.2) is 20.5 Å². The van der Waals surface area contributed by atoms with Crippen molar-refractivity contribution in [1.82, 2.24) is 14.6 Å². The van der Waals surface area contributed by atoms with Crippen molar-refractivity contribution in [3.63, 3.8) is 0 Å². The number of rotatable bonds is 6. The highest BCUT2D eigenvalue weighted by atomic mass is 79.9. The van der Waals surface area contributed by atoms with E-state index in [4.69, 9.17) is 11.6 Å². The summed E-state index contributed by atoms with van der Waals surface area (Å²) in [5.74, 6) is 0.0249. The molecule has 2 aromatic heterocycles. The standard InChI is InChI=1S/C27H18BrClF3N5O/c28-21-15-34-37-24(13-23(36-25(21)37)20-9-1-2-10-22(20)29)33-14-16-5-3-8-19(11-16)35-26(38)17-6-4-7-18(12-17)27(30,31)32/h1-13,15,33H,14H2,(H,35,38). The first-order chi connectivity index (χ1) is 18.2. The van der Waals surface area contributed by atoms with Crippen molar-refractivity contribution in [2.45, 2.75) is 12.7 Å². The highest BCUT2D eigenvalue weighted by molar-refractivity contribution is 9.10. The van der Waals surface area contributed by atoms with E-state index in [1.54, 1.807) is 35.0 Å². The van der Waals surface area contributed by atoms with Gasteiger partial charge < -0.3 is 10.6 Å². The Labute approximate surface area is 228 Å². The fourth-order valence-corrected chi connectivity index (χ4v) is 4.44. The molecule has 0 aliphatic rings. The van der Waals surface area contributed by atoms with Crippen molar-refractivity contribution in [3.8, 4) is 11.3 Å². The summed E-state index contributed by atoms with van der Waals surface area (Å²) in [6.45, 7) is 0.367. The molecule has 2 N–H and O–H groups in total. The number of halogens is 5. The number of fused-ring (bicyclic) bond motifs is 1. The van der Waals surface area contributed by atoms with Gasteiger partial charge in [0.15, 0.2) is 5.65 Å². The van der Waals surface area contributed by atoms with Gasteiger partial charge >= 0.3 is 6.18 Å². The highest BCUT2D eigenvalue weighted by Crippen LogP contribution is 2.31. The number of hydrogen-bond donors (Lipinski definition) is 2. The van der Waals surface area contributed by atoms with Crippen LogP contribution in [0, 0.1) is 0 Å². The highest BCUT2D eigenvalue weighted by Gasteiger charge is 2.30. The van der Waals surface area contributed by atoms with Gasteiger partial charge in [-0.1, -0.05) is 48.0 Å². The maximum Gasteiger partial charge on any atom is 0.416 e. The average Bonchev–Trinajstić information content (AvgIpc) is 3.28. The monoisotopic (exact) mass is 599 g/mol. The molecule has 192 valence electrons. The third-order valence-corrected chi connectivity index (χ3v) is 6.58. The zero-order valence-electron chi connectivity index (χ0n) is 19.4. The molecule has 0 atom stereocenters. The maximum absolute atomic E-state index is 13.0. The molecular weight excluding hydrogens is 583 g/mol. The lowest BCUT2D eigenvalue weighted by molar-refractivity contribution is -0.137. The Hall–Kier alpha value is -3.89. The van der Waals surface area contributed by atoms with E-state index in [9.17, 15) is 18.0 Å². The summed E-state index contributed by atoms with van der Waals surface area (Å²) in [4.78, 5) is 17.3. The number of nitrogens with zero attached hydrogens (tertiary/aromatic N) is 3. The molecule has 0 fully saturated rings. The van der Waals surface area contributed by atoms with E-state index in [0.29, 0.717) is 38.9 Å². The minimum atomic E-state index is -4.53. The first kappa shape index (κ1) is 25.7. The van der Waals surface area contributed by atoms with E-state index in [1.165, 1.54) is 12.1 Å². The summed E-state index contributed by atoms with van der Waals surface area (Å²) in [7, 11) is 0. The molecule has 11 heteroatoms. The summed E-state index contributed by atoms with van der Waals surface area (Å²) in [5, 5.41) is 10.9. The second-order valence-electron chi connectivity index (χ2n) is 8.32. The van der Waals surface area contributed by atoms with Crippen LogP contribution in [0.15, 0.2) is 89.5 Å². The second-order valence-corrected chi connectivity index (χ2v) is 9.58. The molecule has 0 bridgehead atoms. The SMILES string of the molecule is O=C(Nc1cccc(CNc2cc(-c3ccccc3Cl)nc3c(Br)cnn23)c1)c1cccc(C(F)(F)F)c1. The number of carbonyl (C=O) groups excluding carboxylic acids is 1. The van der Waals surface area contributed by atoms with Crippen molar-refractivity contribution >= 4 is 50.6 Å². The molecule has 0 spiro atoms. The third-order valence-electron chi connectivity index (χ3n) is 5.69. The van der Waals surface area contributed by atoms with Crippen LogP contribution < -0.4 is 10.6 Å². The smallest absolute Gasteiger partial charge is 0.366 e. The zero-order valence-corrected chi connectivity index (χ0v) is 21.8. The molecule has 0 saturated carbocycles.